The molecule has 0 atom stereocenters. The molecule has 2 aliphatic heterocycles. The Balaban J connectivity index is 0.00000450. The maximum atomic E-state index is 13.0. The van der Waals surface area contributed by atoms with Gasteiger partial charge >= 0.3 is 6.03 Å². The summed E-state index contributed by atoms with van der Waals surface area (Å²) >= 11 is 6.14. The third-order valence-corrected chi connectivity index (χ3v) is 11.5. The number of hydrogen-bond donors (Lipinski definition) is 2. The van der Waals surface area contributed by atoms with E-state index in [0.29, 0.717) is 47.0 Å². The van der Waals surface area contributed by atoms with Crippen molar-refractivity contribution in [3.63, 3.8) is 0 Å². The van der Waals surface area contributed by atoms with E-state index in [1.165, 1.54) is 0 Å². The number of aromatic nitrogens is 3. The predicted molar refractivity (Wildman–Crippen MR) is 207 cm³/mol. The third kappa shape index (κ3) is 7.97. The van der Waals surface area contributed by atoms with Crippen LogP contribution in [0.5, 0.6) is 5.75 Å². The lowest BCUT2D eigenvalue weighted by Gasteiger charge is -2.42. The molecule has 2 N–H and O–H groups in total. The van der Waals surface area contributed by atoms with E-state index in [2.05, 4.69) is 59.6 Å². The van der Waals surface area contributed by atoms with Gasteiger partial charge in [-0.25, -0.2) is 4.79 Å². The topological polar surface area (TPSA) is 149 Å². The number of imide groups is 1. The van der Waals surface area contributed by atoms with Crippen LogP contribution < -0.4 is 25.2 Å². The molecule has 0 spiro atoms. The highest BCUT2D eigenvalue weighted by atomic mass is 35.5. The van der Waals surface area contributed by atoms with Gasteiger partial charge in [0.15, 0.2) is 11.5 Å². The zero-order valence-electron chi connectivity index (χ0n) is 29.8. The number of ether oxygens (including phenoxy) is 1. The smallest absolute Gasteiger partial charge is 0.328 e. The van der Waals surface area contributed by atoms with Crippen LogP contribution in [0.1, 0.15) is 67.0 Å². The fraction of sp³-hybridized carbons (Fsp3) is 0.436. The fourth-order valence-electron chi connectivity index (χ4n) is 8.17. The van der Waals surface area contributed by atoms with Crippen molar-refractivity contribution in [3.8, 4) is 11.8 Å². The first-order valence-electron chi connectivity index (χ1n) is 18.5. The van der Waals surface area contributed by atoms with Crippen molar-refractivity contribution in [1.29, 1.82) is 5.26 Å². The molecule has 0 radical (unpaired) electrons. The minimum atomic E-state index is -0.358. The molecule has 4 aromatic rings. The molecule has 2 saturated heterocycles. The van der Waals surface area contributed by atoms with Gasteiger partial charge in [0.05, 0.1) is 27.9 Å². The lowest BCUT2D eigenvalue weighted by molar-refractivity contribution is -0.120. The first kappa shape index (κ1) is 37.4. The number of benzene rings is 2. The molecule has 0 unspecified atom stereocenters. The molecule has 4 amide bonds. The van der Waals surface area contributed by atoms with Gasteiger partial charge in [-0.2, -0.15) is 5.26 Å². The van der Waals surface area contributed by atoms with Gasteiger partial charge in [0, 0.05) is 75.4 Å². The van der Waals surface area contributed by atoms with Crippen LogP contribution in [0.2, 0.25) is 5.02 Å². The number of piperazine rings is 1. The molecule has 8 rings (SSSR count). The second-order valence-electron chi connectivity index (χ2n) is 14.6. The number of halogens is 2. The standard InChI is InChI=1S/C39H42ClN9O4.ClH/c40-32-22-30(7-4-26(32)23-41)53-29-8-5-27(6-9-29)42-38(51)33-10-11-36(45-44-33)47-18-16-46(17-19-47)24-25-20-28(21-25)48-14-12-31-34(48)2-1-3-35(31)49-15-13-37(50)43-39(49)52;/h1-4,7,10-12,14,22,25,27-29H,5-6,8-9,13,15-21,24H2,(H,42,51)(H,43,50,52);1H. The van der Waals surface area contributed by atoms with Crippen molar-refractivity contribution in [2.45, 2.75) is 63.1 Å². The van der Waals surface area contributed by atoms with E-state index in [1.807, 2.05) is 18.2 Å². The van der Waals surface area contributed by atoms with Gasteiger partial charge in [0.25, 0.3) is 5.91 Å². The number of anilines is 2. The minimum absolute atomic E-state index is 0. The van der Waals surface area contributed by atoms with E-state index in [0.717, 1.165) is 93.7 Å². The molecule has 2 aromatic heterocycles. The van der Waals surface area contributed by atoms with Crippen molar-refractivity contribution in [3.05, 3.63) is 77.1 Å². The molecule has 4 fully saturated rings. The summed E-state index contributed by atoms with van der Waals surface area (Å²) in [6.45, 7) is 5.08. The monoisotopic (exact) mass is 771 g/mol. The predicted octanol–water partition coefficient (Wildman–Crippen LogP) is 5.72. The SMILES string of the molecule is Cl.N#Cc1ccc(OC2CCC(NC(=O)c3ccc(N4CCN(CC5CC(n6ccc7c(N8CCC(=O)NC8=O)cccc76)C5)CC4)nn3)CC2)cc1Cl. The molecule has 13 nitrogen and oxygen atoms in total. The van der Waals surface area contributed by atoms with E-state index in [-0.39, 0.29) is 42.4 Å². The van der Waals surface area contributed by atoms with E-state index < -0.39 is 0 Å². The van der Waals surface area contributed by atoms with Crippen LogP contribution in [0.3, 0.4) is 0 Å². The molecular weight excluding hydrogens is 729 g/mol. The van der Waals surface area contributed by atoms with Gasteiger partial charge in [0.1, 0.15) is 11.8 Å². The second kappa shape index (κ2) is 16.2. The third-order valence-electron chi connectivity index (χ3n) is 11.2. The summed E-state index contributed by atoms with van der Waals surface area (Å²) in [5, 5.41) is 24.7. The van der Waals surface area contributed by atoms with Crippen LogP contribution in [-0.4, -0.2) is 88.9 Å². The van der Waals surface area contributed by atoms with E-state index in [4.69, 9.17) is 21.6 Å². The van der Waals surface area contributed by atoms with E-state index >= 15 is 0 Å². The van der Waals surface area contributed by atoms with Gasteiger partial charge < -0.3 is 19.5 Å². The maximum absolute atomic E-state index is 13.0. The van der Waals surface area contributed by atoms with Gasteiger partial charge in [-0.1, -0.05) is 17.7 Å². The normalized spacial score (nSPS) is 23.2. The Morgan fingerprint density at radius 1 is 0.981 bits per heavy atom. The Morgan fingerprint density at radius 3 is 2.48 bits per heavy atom. The zero-order chi connectivity index (χ0) is 36.5. The summed E-state index contributed by atoms with van der Waals surface area (Å²) < 4.78 is 8.43. The molecule has 15 heteroatoms. The molecule has 2 saturated carbocycles. The maximum Gasteiger partial charge on any atom is 0.328 e. The number of carbonyl (C=O) groups is 3. The van der Waals surface area contributed by atoms with Crippen LogP contribution in [0, 0.1) is 17.2 Å². The number of amides is 4. The van der Waals surface area contributed by atoms with E-state index in [9.17, 15) is 14.4 Å². The summed E-state index contributed by atoms with van der Waals surface area (Å²) in [6.07, 6.45) is 7.91. The molecule has 54 heavy (non-hydrogen) atoms. The van der Waals surface area contributed by atoms with Crippen molar-refractivity contribution in [1.82, 2.24) is 30.3 Å². The molecular formula is C39H43Cl2N9O4. The molecule has 0 bridgehead atoms. The Kier molecular flexibility index (Phi) is 11.2. The number of hydrogen-bond acceptors (Lipinski definition) is 9. The van der Waals surface area contributed by atoms with Crippen molar-refractivity contribution >= 4 is 64.3 Å². The lowest BCUT2D eigenvalue weighted by atomic mass is 9.79. The first-order chi connectivity index (χ1) is 25.8. The zero-order valence-corrected chi connectivity index (χ0v) is 31.4. The number of nitrogens with one attached hydrogen (secondary N) is 2. The summed E-state index contributed by atoms with van der Waals surface area (Å²) in [6, 6.07) is 19.1. The molecule has 4 aliphatic rings. The second-order valence-corrected chi connectivity index (χ2v) is 15.0. The minimum Gasteiger partial charge on any atom is -0.490 e. The number of rotatable bonds is 9. The van der Waals surface area contributed by atoms with Crippen molar-refractivity contribution in [2.75, 3.05) is 49.1 Å². The molecule has 282 valence electrons. The summed E-state index contributed by atoms with van der Waals surface area (Å²) in [5.74, 6) is 1.63. The van der Waals surface area contributed by atoms with Gasteiger partial charge in [-0.3, -0.25) is 24.7 Å². The van der Waals surface area contributed by atoms with Crippen LogP contribution >= 0.6 is 24.0 Å². The highest BCUT2D eigenvalue weighted by Crippen LogP contribution is 2.42. The largest absolute Gasteiger partial charge is 0.490 e. The van der Waals surface area contributed by atoms with Crippen LogP contribution in [0.4, 0.5) is 16.3 Å². The van der Waals surface area contributed by atoms with Gasteiger partial charge in [0.2, 0.25) is 5.91 Å². The highest BCUT2D eigenvalue weighted by Gasteiger charge is 2.34. The number of nitrogens with zero attached hydrogens (tertiary/aromatic N) is 7. The first-order valence-corrected chi connectivity index (χ1v) is 18.9. The van der Waals surface area contributed by atoms with Crippen LogP contribution in [0.15, 0.2) is 60.8 Å². The lowest BCUT2D eigenvalue weighted by Crippen LogP contribution is -2.49. The average Bonchev–Trinajstić information content (AvgIpc) is 3.58. The Hall–Kier alpha value is -4.90. The molecule has 2 aliphatic carbocycles. The Labute approximate surface area is 325 Å². The quantitative estimate of drug-likeness (QED) is 0.218. The van der Waals surface area contributed by atoms with Gasteiger partial charge in [-0.05, 0) is 86.9 Å². The number of urea groups is 1. The summed E-state index contributed by atoms with van der Waals surface area (Å²) in [7, 11) is 0. The van der Waals surface area contributed by atoms with E-state index in [1.54, 1.807) is 29.2 Å². The summed E-state index contributed by atoms with van der Waals surface area (Å²) in [5.41, 5.74) is 2.71. The van der Waals surface area contributed by atoms with Crippen molar-refractivity contribution in [2.24, 2.45) is 5.92 Å². The number of fused-ring (bicyclic) bond motifs is 1. The fourth-order valence-corrected chi connectivity index (χ4v) is 8.39. The Bertz CT molecular complexity index is 2050. The number of nitriles is 1. The number of carbonyl (C=O) groups excluding carboxylic acids is 3. The van der Waals surface area contributed by atoms with Crippen molar-refractivity contribution < 1.29 is 19.1 Å². The van der Waals surface area contributed by atoms with Crippen LogP contribution in [-0.2, 0) is 4.79 Å². The van der Waals surface area contributed by atoms with Gasteiger partial charge in [-0.15, -0.1) is 22.6 Å². The molecule has 2 aromatic carbocycles. The average molecular weight is 773 g/mol. The molecule has 4 heterocycles. The highest BCUT2D eigenvalue weighted by molar-refractivity contribution is 6.31. The van der Waals surface area contributed by atoms with Crippen LogP contribution in [0.25, 0.3) is 10.9 Å². The Morgan fingerprint density at radius 2 is 1.78 bits per heavy atom. The summed E-state index contributed by atoms with van der Waals surface area (Å²) in [4.78, 5) is 43.6.